The van der Waals surface area contributed by atoms with Gasteiger partial charge in [0.1, 0.15) is 6.42 Å². The molecular formula is C6H6N4O. The van der Waals surface area contributed by atoms with E-state index >= 15 is 0 Å². The average molecular weight is 150 g/mol. The van der Waals surface area contributed by atoms with Gasteiger partial charge in [-0.05, 0) is 0 Å². The molecule has 0 saturated carbocycles. The number of H-pyrrole nitrogens is 1. The van der Waals surface area contributed by atoms with Crippen molar-refractivity contribution in [3.63, 3.8) is 0 Å². The van der Waals surface area contributed by atoms with Gasteiger partial charge in [0.05, 0.1) is 6.07 Å². The van der Waals surface area contributed by atoms with Crippen LogP contribution in [0.2, 0.25) is 0 Å². The second-order valence-corrected chi connectivity index (χ2v) is 1.82. The minimum absolute atomic E-state index is 0.152. The molecule has 0 unspecified atom stereocenters. The molecule has 0 aromatic carbocycles. The summed E-state index contributed by atoms with van der Waals surface area (Å²) in [5.74, 6) is 0.00713. The van der Waals surface area contributed by atoms with E-state index in [2.05, 4.69) is 15.3 Å². The molecular weight excluding hydrogens is 144 g/mol. The van der Waals surface area contributed by atoms with Crippen molar-refractivity contribution in [1.82, 2.24) is 9.97 Å². The van der Waals surface area contributed by atoms with Crippen LogP contribution in [0.4, 0.5) is 5.95 Å². The number of nitrogens with zero attached hydrogens (tertiary/aromatic N) is 2. The van der Waals surface area contributed by atoms with Crippen LogP contribution in [0.25, 0.3) is 0 Å². The van der Waals surface area contributed by atoms with Gasteiger partial charge in [0.2, 0.25) is 11.9 Å². The van der Waals surface area contributed by atoms with E-state index in [1.54, 1.807) is 12.3 Å². The lowest BCUT2D eigenvalue weighted by Gasteiger charge is -1.94. The number of hydrogen-bond donors (Lipinski definition) is 2. The van der Waals surface area contributed by atoms with Crippen LogP contribution in [0.15, 0.2) is 12.4 Å². The Morgan fingerprint density at radius 2 is 2.73 bits per heavy atom. The first-order valence-electron chi connectivity index (χ1n) is 2.99. The number of amides is 1. The molecule has 1 aromatic heterocycles. The number of aromatic nitrogens is 2. The molecule has 0 saturated heterocycles. The van der Waals surface area contributed by atoms with Gasteiger partial charge in [-0.15, -0.1) is 0 Å². The first-order chi connectivity index (χ1) is 5.33. The van der Waals surface area contributed by atoms with Gasteiger partial charge in [-0.25, -0.2) is 4.98 Å². The maximum Gasteiger partial charge on any atom is 0.240 e. The molecule has 11 heavy (non-hydrogen) atoms. The van der Waals surface area contributed by atoms with Crippen LogP contribution < -0.4 is 5.32 Å². The number of aromatic amines is 1. The number of imidazole rings is 1. The molecule has 1 aromatic rings. The van der Waals surface area contributed by atoms with E-state index in [-0.39, 0.29) is 12.3 Å². The highest BCUT2D eigenvalue weighted by molar-refractivity contribution is 5.90. The van der Waals surface area contributed by atoms with Gasteiger partial charge < -0.3 is 4.98 Å². The molecule has 0 aliphatic rings. The van der Waals surface area contributed by atoms with Gasteiger partial charge >= 0.3 is 0 Å². The molecule has 0 aliphatic heterocycles. The summed E-state index contributed by atoms with van der Waals surface area (Å²) in [6.45, 7) is 0. The summed E-state index contributed by atoms with van der Waals surface area (Å²) in [7, 11) is 0. The average Bonchev–Trinajstić information content (AvgIpc) is 2.40. The van der Waals surface area contributed by atoms with E-state index in [4.69, 9.17) is 5.26 Å². The van der Waals surface area contributed by atoms with Crippen LogP contribution in [0.5, 0.6) is 0 Å². The second-order valence-electron chi connectivity index (χ2n) is 1.82. The first-order valence-corrected chi connectivity index (χ1v) is 2.99. The molecule has 0 bridgehead atoms. The lowest BCUT2D eigenvalue weighted by Crippen LogP contribution is -2.10. The van der Waals surface area contributed by atoms with Crippen molar-refractivity contribution in [2.45, 2.75) is 6.42 Å². The van der Waals surface area contributed by atoms with Crippen LogP contribution >= 0.6 is 0 Å². The van der Waals surface area contributed by atoms with Crippen LogP contribution in [-0.2, 0) is 4.79 Å². The van der Waals surface area contributed by atoms with Crippen LogP contribution in [0.1, 0.15) is 6.42 Å². The highest BCUT2D eigenvalue weighted by atomic mass is 16.1. The van der Waals surface area contributed by atoms with Crippen LogP contribution in [-0.4, -0.2) is 15.9 Å². The number of nitrogens with one attached hydrogen (secondary N) is 2. The molecule has 0 atom stereocenters. The fraction of sp³-hybridized carbons (Fsp3) is 0.167. The second kappa shape index (κ2) is 3.37. The number of anilines is 1. The maximum atomic E-state index is 10.7. The van der Waals surface area contributed by atoms with Crippen molar-refractivity contribution in [2.24, 2.45) is 0 Å². The van der Waals surface area contributed by atoms with Crippen molar-refractivity contribution in [2.75, 3.05) is 5.32 Å². The van der Waals surface area contributed by atoms with E-state index in [1.807, 2.05) is 0 Å². The summed E-state index contributed by atoms with van der Waals surface area (Å²) in [5, 5.41) is 10.5. The van der Waals surface area contributed by atoms with Crippen molar-refractivity contribution in [1.29, 1.82) is 5.26 Å². The zero-order valence-electron chi connectivity index (χ0n) is 5.66. The normalized spacial score (nSPS) is 8.64. The Morgan fingerprint density at radius 1 is 1.91 bits per heavy atom. The summed E-state index contributed by atoms with van der Waals surface area (Å²) in [6.07, 6.45) is 2.95. The summed E-state index contributed by atoms with van der Waals surface area (Å²) < 4.78 is 0. The number of carbonyl (C=O) groups excluding carboxylic acids is 1. The summed E-state index contributed by atoms with van der Waals surface area (Å²) >= 11 is 0. The smallest absolute Gasteiger partial charge is 0.240 e. The molecule has 5 nitrogen and oxygen atoms in total. The number of hydrogen-bond acceptors (Lipinski definition) is 3. The van der Waals surface area contributed by atoms with Gasteiger partial charge in [0, 0.05) is 12.4 Å². The third kappa shape index (κ3) is 2.10. The highest BCUT2D eigenvalue weighted by Crippen LogP contribution is 1.94. The Morgan fingerprint density at radius 3 is 3.27 bits per heavy atom. The number of rotatable bonds is 2. The largest absolute Gasteiger partial charge is 0.331 e. The zero-order valence-corrected chi connectivity index (χ0v) is 5.66. The molecule has 2 N–H and O–H groups in total. The van der Waals surface area contributed by atoms with Crippen molar-refractivity contribution < 1.29 is 4.79 Å². The van der Waals surface area contributed by atoms with Gasteiger partial charge in [-0.2, -0.15) is 5.26 Å². The zero-order chi connectivity index (χ0) is 8.10. The summed E-state index contributed by atoms with van der Waals surface area (Å²) in [4.78, 5) is 17.1. The first kappa shape index (κ1) is 7.28. The van der Waals surface area contributed by atoms with E-state index in [1.165, 1.54) is 6.20 Å². The minimum Gasteiger partial charge on any atom is -0.331 e. The maximum absolute atomic E-state index is 10.7. The highest BCUT2D eigenvalue weighted by Gasteiger charge is 2.00. The van der Waals surface area contributed by atoms with Gasteiger partial charge in [0.25, 0.3) is 0 Å². The quantitative estimate of drug-likeness (QED) is 0.634. The fourth-order valence-corrected chi connectivity index (χ4v) is 0.582. The van der Waals surface area contributed by atoms with Crippen molar-refractivity contribution >= 4 is 11.9 Å². The number of carbonyl (C=O) groups is 1. The van der Waals surface area contributed by atoms with E-state index < -0.39 is 0 Å². The molecule has 56 valence electrons. The van der Waals surface area contributed by atoms with Crippen molar-refractivity contribution in [3.8, 4) is 6.07 Å². The lowest BCUT2D eigenvalue weighted by molar-refractivity contribution is -0.115. The van der Waals surface area contributed by atoms with E-state index in [9.17, 15) is 4.79 Å². The van der Waals surface area contributed by atoms with E-state index in [0.717, 1.165) is 0 Å². The molecule has 5 heteroatoms. The Balaban J connectivity index is 2.45. The third-order valence-electron chi connectivity index (χ3n) is 0.996. The number of nitriles is 1. The minimum atomic E-state index is -0.359. The van der Waals surface area contributed by atoms with Gasteiger partial charge in [-0.3, -0.25) is 10.1 Å². The predicted molar refractivity (Wildman–Crippen MR) is 37.4 cm³/mol. The lowest BCUT2D eigenvalue weighted by atomic mass is 10.4. The molecule has 0 fully saturated rings. The molecule has 1 rings (SSSR count). The van der Waals surface area contributed by atoms with Crippen LogP contribution in [0, 0.1) is 11.3 Å². The summed E-state index contributed by atoms with van der Waals surface area (Å²) in [6, 6.07) is 1.73. The fourth-order valence-electron chi connectivity index (χ4n) is 0.582. The molecule has 1 amide bonds. The van der Waals surface area contributed by atoms with Gasteiger partial charge in [0.15, 0.2) is 0 Å². The Bertz CT molecular complexity index is 271. The van der Waals surface area contributed by atoms with Gasteiger partial charge in [-0.1, -0.05) is 0 Å². The topological polar surface area (TPSA) is 81.6 Å². The molecule has 1 heterocycles. The monoisotopic (exact) mass is 150 g/mol. The summed E-state index contributed by atoms with van der Waals surface area (Å²) in [5.41, 5.74) is 0. The molecule has 0 spiro atoms. The van der Waals surface area contributed by atoms with Crippen LogP contribution in [0.3, 0.4) is 0 Å². The molecule has 0 radical (unpaired) electrons. The standard InChI is InChI=1S/C6H6N4O/c7-2-1-5(11)10-6-8-3-4-9-6/h3-4H,1H2,(H2,8,9,10,11). The van der Waals surface area contributed by atoms with E-state index in [0.29, 0.717) is 5.95 Å². The Hall–Kier alpha value is -1.83. The third-order valence-corrected chi connectivity index (χ3v) is 0.996. The predicted octanol–water partition coefficient (Wildman–Crippen LogP) is 0.262. The molecule has 0 aliphatic carbocycles. The SMILES string of the molecule is N#CCC(=O)Nc1ncc[nH]1. The Kier molecular flexibility index (Phi) is 2.23. The van der Waals surface area contributed by atoms with Crippen molar-refractivity contribution in [3.05, 3.63) is 12.4 Å². The Labute approximate surface area is 63.1 Å².